The second kappa shape index (κ2) is 6.73. The Balaban J connectivity index is 2.00. The van der Waals surface area contributed by atoms with Gasteiger partial charge in [-0.25, -0.2) is 9.78 Å². The molecule has 1 aromatic heterocycles. The Morgan fingerprint density at radius 2 is 2.00 bits per heavy atom. The molecule has 1 aliphatic carbocycles. The second-order valence-corrected chi connectivity index (χ2v) is 5.30. The molecule has 1 aliphatic rings. The molecule has 0 radical (unpaired) electrons. The molecule has 0 bridgehead atoms. The molecule has 2 rings (SSSR count). The molecule has 0 unspecified atom stereocenters. The predicted molar refractivity (Wildman–Crippen MR) is 72.1 cm³/mol. The molecule has 0 N–H and O–H groups in total. The van der Waals surface area contributed by atoms with Gasteiger partial charge in [-0.05, 0) is 32.6 Å². The van der Waals surface area contributed by atoms with Gasteiger partial charge in [-0.3, -0.25) is 0 Å². The molecule has 0 amide bonds. The summed E-state index contributed by atoms with van der Waals surface area (Å²) >= 11 is 0. The lowest BCUT2D eigenvalue weighted by Gasteiger charge is -2.10. The molecule has 0 saturated heterocycles. The molecule has 1 fully saturated rings. The molecular weight excluding hydrogens is 242 g/mol. The Morgan fingerprint density at radius 1 is 1.32 bits per heavy atom. The zero-order valence-corrected chi connectivity index (χ0v) is 11.9. The third-order valence-electron chi connectivity index (χ3n) is 3.74. The number of carbonyl (C=O) groups excluding carboxylic acids is 1. The summed E-state index contributed by atoms with van der Waals surface area (Å²) in [5.74, 6) is 1.20. The topological polar surface area (TPSA) is 52.3 Å². The summed E-state index contributed by atoms with van der Waals surface area (Å²) < 4.78 is 10.5. The maximum absolute atomic E-state index is 11.7. The number of aryl methyl sites for hydroxylation is 1. The van der Waals surface area contributed by atoms with E-state index in [-0.39, 0.29) is 5.76 Å². The van der Waals surface area contributed by atoms with E-state index >= 15 is 0 Å². The van der Waals surface area contributed by atoms with E-state index in [1.54, 1.807) is 13.8 Å². The third kappa shape index (κ3) is 3.82. The molecule has 1 heterocycles. The number of aromatic nitrogens is 1. The maximum atomic E-state index is 11.7. The average molecular weight is 265 g/mol. The summed E-state index contributed by atoms with van der Waals surface area (Å²) in [4.78, 5) is 16.0. The summed E-state index contributed by atoms with van der Waals surface area (Å²) in [6.07, 6.45) is 8.63. The lowest BCUT2D eigenvalue weighted by molar-refractivity contribution is 0.0486. The van der Waals surface area contributed by atoms with Crippen LogP contribution in [0.2, 0.25) is 0 Å². The van der Waals surface area contributed by atoms with Gasteiger partial charge in [0, 0.05) is 6.42 Å². The standard InChI is InChI=1S/C15H23NO3/c1-3-18-15(17)14-11(2)16-13(19-14)10-12-8-6-4-5-7-9-12/h12H,3-10H2,1-2H3. The fourth-order valence-electron chi connectivity index (χ4n) is 2.74. The van der Waals surface area contributed by atoms with Crippen molar-refractivity contribution in [1.29, 1.82) is 0 Å². The van der Waals surface area contributed by atoms with Gasteiger partial charge < -0.3 is 9.15 Å². The number of ether oxygens (including phenoxy) is 1. The monoisotopic (exact) mass is 265 g/mol. The molecule has 4 heteroatoms. The fourth-order valence-corrected chi connectivity index (χ4v) is 2.74. The quantitative estimate of drug-likeness (QED) is 0.615. The van der Waals surface area contributed by atoms with E-state index in [0.29, 0.717) is 24.1 Å². The highest BCUT2D eigenvalue weighted by molar-refractivity contribution is 5.87. The first-order chi connectivity index (χ1) is 9.20. The Hall–Kier alpha value is -1.32. The van der Waals surface area contributed by atoms with Crippen molar-refractivity contribution in [2.24, 2.45) is 5.92 Å². The van der Waals surface area contributed by atoms with E-state index in [2.05, 4.69) is 4.98 Å². The third-order valence-corrected chi connectivity index (χ3v) is 3.74. The maximum Gasteiger partial charge on any atom is 0.376 e. The van der Waals surface area contributed by atoms with E-state index in [4.69, 9.17) is 9.15 Å². The zero-order valence-electron chi connectivity index (χ0n) is 11.9. The molecule has 0 atom stereocenters. The smallest absolute Gasteiger partial charge is 0.376 e. The van der Waals surface area contributed by atoms with Crippen LogP contribution in [0.15, 0.2) is 4.42 Å². The minimum atomic E-state index is -0.403. The first-order valence-corrected chi connectivity index (χ1v) is 7.34. The highest BCUT2D eigenvalue weighted by Crippen LogP contribution is 2.26. The fraction of sp³-hybridized carbons (Fsp3) is 0.733. The van der Waals surface area contributed by atoms with Crippen molar-refractivity contribution in [2.45, 2.75) is 58.8 Å². The summed E-state index contributed by atoms with van der Waals surface area (Å²) in [5, 5.41) is 0. The number of nitrogens with zero attached hydrogens (tertiary/aromatic N) is 1. The molecule has 1 saturated carbocycles. The SMILES string of the molecule is CCOC(=O)c1oc(CC2CCCCCC2)nc1C. The van der Waals surface area contributed by atoms with Crippen LogP contribution < -0.4 is 0 Å². The predicted octanol–water partition coefficient (Wildman–Crippen LogP) is 3.67. The van der Waals surface area contributed by atoms with Crippen LogP contribution in [0.4, 0.5) is 0 Å². The van der Waals surface area contributed by atoms with E-state index < -0.39 is 5.97 Å². The molecule has 0 aliphatic heterocycles. The van der Waals surface area contributed by atoms with Crippen LogP contribution in [0.1, 0.15) is 67.6 Å². The highest BCUT2D eigenvalue weighted by atomic mass is 16.5. The van der Waals surface area contributed by atoms with Crippen LogP contribution in [0.5, 0.6) is 0 Å². The highest BCUT2D eigenvalue weighted by Gasteiger charge is 2.21. The van der Waals surface area contributed by atoms with Crippen molar-refractivity contribution in [3.05, 3.63) is 17.3 Å². The first kappa shape index (κ1) is 14.1. The van der Waals surface area contributed by atoms with Crippen LogP contribution in [-0.2, 0) is 11.2 Å². The van der Waals surface area contributed by atoms with Crippen molar-refractivity contribution in [1.82, 2.24) is 4.98 Å². The molecule has 0 aromatic carbocycles. The summed E-state index contributed by atoms with van der Waals surface area (Å²) in [6, 6.07) is 0. The Labute approximate surface area is 114 Å². The molecule has 1 aromatic rings. The number of hydrogen-bond acceptors (Lipinski definition) is 4. The Morgan fingerprint density at radius 3 is 2.63 bits per heavy atom. The summed E-state index contributed by atoms with van der Waals surface area (Å²) in [5.41, 5.74) is 0.641. The molecular formula is C15H23NO3. The van der Waals surface area contributed by atoms with Crippen molar-refractivity contribution >= 4 is 5.97 Å². The number of rotatable bonds is 4. The van der Waals surface area contributed by atoms with Gasteiger partial charge in [0.2, 0.25) is 5.76 Å². The summed E-state index contributed by atoms with van der Waals surface area (Å²) in [7, 11) is 0. The van der Waals surface area contributed by atoms with Crippen molar-refractivity contribution < 1.29 is 13.9 Å². The minimum absolute atomic E-state index is 0.269. The first-order valence-electron chi connectivity index (χ1n) is 7.34. The van der Waals surface area contributed by atoms with Crippen LogP contribution in [0.25, 0.3) is 0 Å². The van der Waals surface area contributed by atoms with Gasteiger partial charge in [0.1, 0.15) is 0 Å². The lowest BCUT2D eigenvalue weighted by atomic mass is 9.97. The van der Waals surface area contributed by atoms with Gasteiger partial charge in [-0.1, -0.05) is 25.7 Å². The van der Waals surface area contributed by atoms with Crippen LogP contribution in [-0.4, -0.2) is 17.6 Å². The van der Waals surface area contributed by atoms with Gasteiger partial charge in [0.25, 0.3) is 0 Å². The van der Waals surface area contributed by atoms with Crippen LogP contribution >= 0.6 is 0 Å². The van der Waals surface area contributed by atoms with Crippen molar-refractivity contribution in [3.8, 4) is 0 Å². The average Bonchev–Trinajstić information content (AvgIpc) is 2.59. The molecule has 4 nitrogen and oxygen atoms in total. The van der Waals surface area contributed by atoms with Crippen LogP contribution in [0, 0.1) is 12.8 Å². The molecule has 19 heavy (non-hydrogen) atoms. The van der Waals surface area contributed by atoms with E-state index in [0.717, 1.165) is 6.42 Å². The van der Waals surface area contributed by atoms with E-state index in [9.17, 15) is 4.79 Å². The Kier molecular flexibility index (Phi) is 5.00. The number of esters is 1. The summed E-state index contributed by atoms with van der Waals surface area (Å²) in [6.45, 7) is 3.94. The van der Waals surface area contributed by atoms with Crippen molar-refractivity contribution in [2.75, 3.05) is 6.61 Å². The second-order valence-electron chi connectivity index (χ2n) is 5.30. The number of carbonyl (C=O) groups is 1. The largest absolute Gasteiger partial charge is 0.460 e. The lowest BCUT2D eigenvalue weighted by Crippen LogP contribution is -2.05. The molecule has 0 spiro atoms. The minimum Gasteiger partial charge on any atom is -0.460 e. The number of oxazole rings is 1. The van der Waals surface area contributed by atoms with Gasteiger partial charge in [0.15, 0.2) is 5.89 Å². The van der Waals surface area contributed by atoms with Gasteiger partial charge in [0.05, 0.1) is 12.3 Å². The van der Waals surface area contributed by atoms with E-state index in [1.807, 2.05) is 0 Å². The zero-order chi connectivity index (χ0) is 13.7. The van der Waals surface area contributed by atoms with E-state index in [1.165, 1.54) is 38.5 Å². The Bertz CT molecular complexity index is 417. The van der Waals surface area contributed by atoms with Gasteiger partial charge >= 0.3 is 5.97 Å². The molecule has 106 valence electrons. The van der Waals surface area contributed by atoms with Gasteiger partial charge in [-0.2, -0.15) is 0 Å². The number of hydrogen-bond donors (Lipinski definition) is 0. The van der Waals surface area contributed by atoms with Crippen molar-refractivity contribution in [3.63, 3.8) is 0 Å². The normalized spacial score (nSPS) is 17.2. The van der Waals surface area contributed by atoms with Gasteiger partial charge in [-0.15, -0.1) is 0 Å². The van der Waals surface area contributed by atoms with Crippen LogP contribution in [0.3, 0.4) is 0 Å².